The smallest absolute Gasteiger partial charge is 0.334 e. The highest BCUT2D eigenvalue weighted by Crippen LogP contribution is 2.14. The van der Waals surface area contributed by atoms with Crippen molar-refractivity contribution in [2.75, 3.05) is 40.3 Å². The second-order valence-corrected chi connectivity index (χ2v) is 5.33. The molecule has 0 rings (SSSR count). The summed E-state index contributed by atoms with van der Waals surface area (Å²) in [5.74, 6) is -0.314. The zero-order valence-electron chi connectivity index (χ0n) is 11.8. The fraction of sp³-hybridized carbons (Fsp3) is 0.769. The minimum absolute atomic E-state index is 0.165. The van der Waals surface area contributed by atoms with Crippen LogP contribution >= 0.6 is 0 Å². The fourth-order valence-corrected chi connectivity index (χ4v) is 1.77. The summed E-state index contributed by atoms with van der Waals surface area (Å²) >= 11 is 0. The van der Waals surface area contributed by atoms with Gasteiger partial charge < -0.3 is 15.0 Å². The van der Waals surface area contributed by atoms with Gasteiger partial charge in [0.05, 0.1) is 6.61 Å². The molecule has 0 unspecified atom stereocenters. The molecule has 0 saturated heterocycles. The van der Waals surface area contributed by atoms with Crippen LogP contribution in [0.5, 0.6) is 0 Å². The minimum Gasteiger partial charge on any atom is -0.463 e. The van der Waals surface area contributed by atoms with E-state index in [2.05, 4.69) is 44.7 Å². The number of nitrogens with zero attached hydrogens (tertiary/aromatic N) is 1. The molecule has 0 aliphatic heterocycles. The van der Waals surface area contributed by atoms with Gasteiger partial charge in [0.1, 0.15) is 0 Å². The van der Waals surface area contributed by atoms with Crippen molar-refractivity contribution < 1.29 is 9.53 Å². The summed E-state index contributed by atoms with van der Waals surface area (Å²) in [7, 11) is 4.11. The molecule has 0 aromatic heterocycles. The van der Waals surface area contributed by atoms with Gasteiger partial charge in [-0.1, -0.05) is 20.4 Å². The van der Waals surface area contributed by atoms with Crippen LogP contribution in [0.25, 0.3) is 0 Å². The molecule has 0 radical (unpaired) electrons. The lowest BCUT2D eigenvalue weighted by Gasteiger charge is -2.28. The quantitative estimate of drug-likeness (QED) is 0.514. The predicted molar refractivity (Wildman–Crippen MR) is 71.0 cm³/mol. The monoisotopic (exact) mass is 242 g/mol. The first-order valence-corrected chi connectivity index (χ1v) is 5.99. The van der Waals surface area contributed by atoms with E-state index in [1.54, 1.807) is 6.92 Å². The van der Waals surface area contributed by atoms with Gasteiger partial charge in [0.15, 0.2) is 0 Å². The Bertz CT molecular complexity index is 260. The number of esters is 1. The number of hydrogen-bond acceptors (Lipinski definition) is 4. The lowest BCUT2D eigenvalue weighted by molar-refractivity contribution is -0.138. The molecule has 0 heterocycles. The van der Waals surface area contributed by atoms with E-state index >= 15 is 0 Å². The third-order valence-corrected chi connectivity index (χ3v) is 2.25. The molecule has 4 nitrogen and oxygen atoms in total. The summed E-state index contributed by atoms with van der Waals surface area (Å²) in [6.45, 7) is 12.6. The molecule has 0 aromatic carbocycles. The third kappa shape index (κ3) is 7.94. The van der Waals surface area contributed by atoms with Crippen molar-refractivity contribution >= 4 is 5.97 Å². The Morgan fingerprint density at radius 2 is 2.00 bits per heavy atom. The molecule has 4 heteroatoms. The van der Waals surface area contributed by atoms with E-state index in [9.17, 15) is 4.79 Å². The zero-order chi connectivity index (χ0) is 13.5. The largest absolute Gasteiger partial charge is 0.463 e. The van der Waals surface area contributed by atoms with Gasteiger partial charge in [-0.2, -0.15) is 0 Å². The summed E-state index contributed by atoms with van der Waals surface area (Å²) in [6, 6.07) is 0. The minimum atomic E-state index is -0.314. The molecule has 17 heavy (non-hydrogen) atoms. The van der Waals surface area contributed by atoms with E-state index in [-0.39, 0.29) is 11.4 Å². The van der Waals surface area contributed by atoms with E-state index in [1.807, 2.05) is 0 Å². The van der Waals surface area contributed by atoms with E-state index < -0.39 is 0 Å². The summed E-state index contributed by atoms with van der Waals surface area (Å²) in [5.41, 5.74) is 0.644. The van der Waals surface area contributed by atoms with Crippen LogP contribution in [0.15, 0.2) is 12.2 Å². The van der Waals surface area contributed by atoms with Crippen LogP contribution in [-0.4, -0.2) is 51.2 Å². The molecule has 0 saturated carbocycles. The van der Waals surface area contributed by atoms with Crippen molar-refractivity contribution in [3.63, 3.8) is 0 Å². The van der Waals surface area contributed by atoms with Gasteiger partial charge >= 0.3 is 5.97 Å². The lowest BCUT2D eigenvalue weighted by Crippen LogP contribution is -2.38. The molecular weight excluding hydrogens is 216 g/mol. The molecule has 100 valence electrons. The van der Waals surface area contributed by atoms with Crippen LogP contribution in [0, 0.1) is 5.41 Å². The molecule has 0 atom stereocenters. The highest BCUT2D eigenvalue weighted by atomic mass is 16.5. The summed E-state index contributed by atoms with van der Waals surface area (Å²) in [6.07, 6.45) is 0. The second-order valence-electron chi connectivity index (χ2n) is 5.33. The van der Waals surface area contributed by atoms with Gasteiger partial charge in [-0.15, -0.1) is 0 Å². The van der Waals surface area contributed by atoms with E-state index in [0.717, 1.165) is 13.1 Å². The lowest BCUT2D eigenvalue weighted by atomic mass is 9.93. The fourth-order valence-electron chi connectivity index (χ4n) is 1.77. The number of carbonyl (C=O) groups excluding carboxylic acids is 1. The SMILES string of the molecule is C=C(CNCC(C)(C)CN(C)C)C(=O)OCC. The Balaban J connectivity index is 3.90. The molecule has 0 aromatic rings. The summed E-state index contributed by atoms with van der Waals surface area (Å²) in [4.78, 5) is 13.5. The van der Waals surface area contributed by atoms with E-state index in [4.69, 9.17) is 4.74 Å². The Morgan fingerprint density at radius 1 is 1.41 bits per heavy atom. The van der Waals surface area contributed by atoms with Gasteiger partial charge in [0, 0.05) is 25.2 Å². The van der Waals surface area contributed by atoms with Gasteiger partial charge in [-0.25, -0.2) is 4.79 Å². The second kappa shape index (κ2) is 7.45. The average molecular weight is 242 g/mol. The van der Waals surface area contributed by atoms with Gasteiger partial charge in [-0.3, -0.25) is 0 Å². The maximum atomic E-state index is 11.3. The predicted octanol–water partition coefficient (Wildman–Crippen LogP) is 1.28. The van der Waals surface area contributed by atoms with Crippen LogP contribution in [0.1, 0.15) is 20.8 Å². The highest BCUT2D eigenvalue weighted by Gasteiger charge is 2.18. The Hall–Kier alpha value is -0.870. The van der Waals surface area contributed by atoms with Crippen LogP contribution in [-0.2, 0) is 9.53 Å². The van der Waals surface area contributed by atoms with Crippen LogP contribution in [0.4, 0.5) is 0 Å². The Morgan fingerprint density at radius 3 is 2.47 bits per heavy atom. The standard InChI is InChI=1S/C13H26N2O2/c1-7-17-12(16)11(2)8-14-9-13(3,4)10-15(5)6/h14H,2,7-10H2,1,3-6H3. The van der Waals surface area contributed by atoms with E-state index in [0.29, 0.717) is 18.7 Å². The van der Waals surface area contributed by atoms with Crippen LogP contribution in [0.2, 0.25) is 0 Å². The van der Waals surface area contributed by atoms with Gasteiger partial charge in [0.25, 0.3) is 0 Å². The van der Waals surface area contributed by atoms with Gasteiger partial charge in [-0.05, 0) is 26.4 Å². The first-order chi connectivity index (χ1) is 7.78. The Kier molecular flexibility index (Phi) is 7.07. The number of rotatable bonds is 8. The number of carbonyl (C=O) groups is 1. The molecule has 0 aliphatic carbocycles. The van der Waals surface area contributed by atoms with Crippen molar-refractivity contribution in [2.24, 2.45) is 5.41 Å². The van der Waals surface area contributed by atoms with Crippen molar-refractivity contribution in [1.29, 1.82) is 0 Å². The molecule has 0 bridgehead atoms. The number of nitrogens with one attached hydrogen (secondary N) is 1. The summed E-state index contributed by atoms with van der Waals surface area (Å²) < 4.78 is 4.86. The topological polar surface area (TPSA) is 41.6 Å². The van der Waals surface area contributed by atoms with Crippen molar-refractivity contribution in [3.05, 3.63) is 12.2 Å². The Labute approximate surface area is 105 Å². The first-order valence-electron chi connectivity index (χ1n) is 5.99. The first kappa shape index (κ1) is 16.1. The third-order valence-electron chi connectivity index (χ3n) is 2.25. The molecule has 1 N–H and O–H groups in total. The number of ether oxygens (including phenoxy) is 1. The van der Waals surface area contributed by atoms with E-state index in [1.165, 1.54) is 0 Å². The molecule has 0 amide bonds. The summed E-state index contributed by atoms with van der Waals surface area (Å²) in [5, 5.41) is 3.24. The van der Waals surface area contributed by atoms with Crippen molar-refractivity contribution in [3.8, 4) is 0 Å². The van der Waals surface area contributed by atoms with Gasteiger partial charge in [0.2, 0.25) is 0 Å². The van der Waals surface area contributed by atoms with Crippen LogP contribution < -0.4 is 5.32 Å². The van der Waals surface area contributed by atoms with Crippen LogP contribution in [0.3, 0.4) is 0 Å². The maximum Gasteiger partial charge on any atom is 0.334 e. The molecular formula is C13H26N2O2. The molecule has 0 fully saturated rings. The zero-order valence-corrected chi connectivity index (χ0v) is 11.8. The normalized spacial score (nSPS) is 11.6. The van der Waals surface area contributed by atoms with Crippen molar-refractivity contribution in [2.45, 2.75) is 20.8 Å². The van der Waals surface area contributed by atoms with Crippen molar-refractivity contribution in [1.82, 2.24) is 10.2 Å². The maximum absolute atomic E-state index is 11.3. The number of hydrogen-bond donors (Lipinski definition) is 1. The highest BCUT2D eigenvalue weighted by molar-refractivity contribution is 5.88. The average Bonchev–Trinajstić information content (AvgIpc) is 2.15. The molecule has 0 spiro atoms. The molecule has 0 aliphatic rings.